The molecule has 4 rings (SSSR count). The Balaban J connectivity index is 1.56. The SMILES string of the molecule is Cc1cc(NS(=O)(=O)c2ccc(NC(CC(=O)c3ccc(Br)cc3)c3ccc(Cl)c(Cl)c3)cc2)no1. The lowest BCUT2D eigenvalue weighted by Crippen LogP contribution is -2.16. The number of rotatable bonds is 9. The summed E-state index contributed by atoms with van der Waals surface area (Å²) in [6.07, 6.45) is 0.132. The summed E-state index contributed by atoms with van der Waals surface area (Å²) < 4.78 is 33.5. The third kappa shape index (κ3) is 6.47. The number of carbonyl (C=O) groups excluding carboxylic acids is 1. The van der Waals surface area contributed by atoms with Gasteiger partial charge in [-0.15, -0.1) is 0 Å². The number of ketones is 1. The number of anilines is 2. The van der Waals surface area contributed by atoms with E-state index in [0.29, 0.717) is 27.1 Å². The summed E-state index contributed by atoms with van der Waals surface area (Å²) in [5, 5.41) is 7.74. The Labute approximate surface area is 227 Å². The summed E-state index contributed by atoms with van der Waals surface area (Å²) in [5.74, 6) is 0.511. The first kappa shape index (κ1) is 26.2. The van der Waals surface area contributed by atoms with Gasteiger partial charge in [-0.3, -0.25) is 9.52 Å². The van der Waals surface area contributed by atoms with Gasteiger partial charge < -0.3 is 9.84 Å². The van der Waals surface area contributed by atoms with Crippen LogP contribution in [0.1, 0.15) is 34.1 Å². The van der Waals surface area contributed by atoms with E-state index in [1.807, 2.05) is 12.1 Å². The lowest BCUT2D eigenvalue weighted by atomic mass is 9.97. The number of Topliss-reactive ketones (excluding diaryl/α,β-unsaturated/α-hetero) is 1. The van der Waals surface area contributed by atoms with Gasteiger partial charge in [0.2, 0.25) is 0 Å². The number of hydrogen-bond donors (Lipinski definition) is 2. The van der Waals surface area contributed by atoms with Crippen LogP contribution in [0.5, 0.6) is 0 Å². The van der Waals surface area contributed by atoms with Gasteiger partial charge in [-0.05, 0) is 61.0 Å². The van der Waals surface area contributed by atoms with E-state index in [2.05, 4.69) is 31.1 Å². The first-order chi connectivity index (χ1) is 17.1. The van der Waals surface area contributed by atoms with Crippen LogP contribution in [-0.2, 0) is 10.0 Å². The minimum absolute atomic E-state index is 0.0470. The van der Waals surface area contributed by atoms with E-state index in [-0.39, 0.29) is 22.9 Å². The molecular formula is C25H20BrCl2N3O4S. The smallest absolute Gasteiger partial charge is 0.263 e. The van der Waals surface area contributed by atoms with Crippen LogP contribution in [0.4, 0.5) is 11.5 Å². The van der Waals surface area contributed by atoms with E-state index in [0.717, 1.165) is 10.0 Å². The van der Waals surface area contributed by atoms with Crippen LogP contribution in [0.25, 0.3) is 0 Å². The molecule has 2 N–H and O–H groups in total. The molecule has 11 heteroatoms. The summed E-state index contributed by atoms with van der Waals surface area (Å²) in [6.45, 7) is 1.66. The Morgan fingerprint density at radius 3 is 2.31 bits per heavy atom. The van der Waals surface area contributed by atoms with E-state index < -0.39 is 16.1 Å². The third-order valence-electron chi connectivity index (χ3n) is 5.27. The van der Waals surface area contributed by atoms with Crippen LogP contribution >= 0.6 is 39.1 Å². The Hall–Kier alpha value is -2.85. The van der Waals surface area contributed by atoms with Crippen molar-refractivity contribution in [3.05, 3.63) is 104 Å². The number of carbonyl (C=O) groups is 1. The first-order valence-electron chi connectivity index (χ1n) is 10.7. The predicted molar refractivity (Wildman–Crippen MR) is 144 cm³/mol. The van der Waals surface area contributed by atoms with Crippen molar-refractivity contribution in [3.63, 3.8) is 0 Å². The zero-order valence-electron chi connectivity index (χ0n) is 18.8. The normalized spacial score (nSPS) is 12.2. The number of aryl methyl sites for hydroxylation is 1. The van der Waals surface area contributed by atoms with Crippen LogP contribution in [-0.4, -0.2) is 19.4 Å². The molecule has 0 fully saturated rings. The van der Waals surface area contributed by atoms with Gasteiger partial charge in [0, 0.05) is 28.2 Å². The van der Waals surface area contributed by atoms with Crippen molar-refractivity contribution >= 4 is 66.4 Å². The molecular weight excluding hydrogens is 589 g/mol. The second kappa shape index (κ2) is 11.0. The van der Waals surface area contributed by atoms with Crippen molar-refractivity contribution < 1.29 is 17.7 Å². The molecule has 1 aromatic heterocycles. The fourth-order valence-electron chi connectivity index (χ4n) is 3.46. The van der Waals surface area contributed by atoms with Gasteiger partial charge in [-0.1, -0.05) is 62.5 Å². The second-order valence-corrected chi connectivity index (χ2v) is 11.4. The van der Waals surface area contributed by atoms with Crippen molar-refractivity contribution in [1.29, 1.82) is 0 Å². The monoisotopic (exact) mass is 607 g/mol. The van der Waals surface area contributed by atoms with Crippen molar-refractivity contribution in [2.45, 2.75) is 24.3 Å². The van der Waals surface area contributed by atoms with E-state index in [1.165, 1.54) is 18.2 Å². The molecule has 0 aliphatic rings. The zero-order valence-corrected chi connectivity index (χ0v) is 22.7. The number of hydrogen-bond acceptors (Lipinski definition) is 6. The highest BCUT2D eigenvalue weighted by atomic mass is 79.9. The number of halogens is 3. The fourth-order valence-corrected chi connectivity index (χ4v) is 5.02. The minimum Gasteiger partial charge on any atom is -0.378 e. The quantitative estimate of drug-likeness (QED) is 0.194. The molecule has 0 aliphatic carbocycles. The van der Waals surface area contributed by atoms with E-state index >= 15 is 0 Å². The van der Waals surface area contributed by atoms with Crippen LogP contribution in [0.2, 0.25) is 10.0 Å². The summed E-state index contributed by atoms with van der Waals surface area (Å²) in [6, 6.07) is 19.5. The molecule has 1 unspecified atom stereocenters. The molecule has 36 heavy (non-hydrogen) atoms. The van der Waals surface area contributed by atoms with Crippen LogP contribution in [0.15, 0.2) is 86.7 Å². The maximum absolute atomic E-state index is 13.0. The van der Waals surface area contributed by atoms with Gasteiger partial charge in [-0.25, -0.2) is 8.42 Å². The Kier molecular flexibility index (Phi) is 8.04. The third-order valence-corrected chi connectivity index (χ3v) is 7.91. The number of sulfonamides is 1. The molecule has 0 radical (unpaired) electrons. The second-order valence-electron chi connectivity index (χ2n) is 7.96. The summed E-state index contributed by atoms with van der Waals surface area (Å²) in [4.78, 5) is 13.1. The molecule has 1 heterocycles. The average Bonchev–Trinajstić information content (AvgIpc) is 3.24. The number of benzene rings is 3. The molecule has 0 bridgehead atoms. The Bertz CT molecular complexity index is 1490. The molecule has 0 aliphatic heterocycles. The lowest BCUT2D eigenvalue weighted by Gasteiger charge is -2.21. The molecule has 7 nitrogen and oxygen atoms in total. The largest absolute Gasteiger partial charge is 0.378 e. The van der Waals surface area contributed by atoms with Crippen molar-refractivity contribution in [1.82, 2.24) is 5.16 Å². The van der Waals surface area contributed by atoms with Crippen molar-refractivity contribution in [2.75, 3.05) is 10.0 Å². The molecule has 1 atom stereocenters. The van der Waals surface area contributed by atoms with Crippen LogP contribution < -0.4 is 10.0 Å². The number of nitrogens with one attached hydrogen (secondary N) is 2. The van der Waals surface area contributed by atoms with Crippen LogP contribution in [0, 0.1) is 6.92 Å². The average molecular weight is 609 g/mol. The van der Waals surface area contributed by atoms with Gasteiger partial charge in [0.05, 0.1) is 21.0 Å². The van der Waals surface area contributed by atoms with Gasteiger partial charge in [0.25, 0.3) is 10.0 Å². The van der Waals surface area contributed by atoms with Gasteiger partial charge in [-0.2, -0.15) is 0 Å². The highest BCUT2D eigenvalue weighted by molar-refractivity contribution is 9.10. The number of nitrogens with zero attached hydrogens (tertiary/aromatic N) is 1. The topological polar surface area (TPSA) is 101 Å². The number of aromatic nitrogens is 1. The minimum atomic E-state index is -3.86. The van der Waals surface area contributed by atoms with Crippen LogP contribution in [0.3, 0.4) is 0 Å². The van der Waals surface area contributed by atoms with Gasteiger partial charge >= 0.3 is 0 Å². The lowest BCUT2D eigenvalue weighted by molar-refractivity contribution is 0.0976. The molecule has 3 aromatic carbocycles. The summed E-state index contributed by atoms with van der Waals surface area (Å²) in [7, 11) is -3.86. The van der Waals surface area contributed by atoms with Crippen molar-refractivity contribution in [2.24, 2.45) is 0 Å². The zero-order chi connectivity index (χ0) is 25.9. The highest BCUT2D eigenvalue weighted by Crippen LogP contribution is 2.31. The summed E-state index contributed by atoms with van der Waals surface area (Å²) >= 11 is 15.7. The molecule has 186 valence electrons. The molecule has 0 spiro atoms. The first-order valence-corrected chi connectivity index (χ1v) is 13.7. The predicted octanol–water partition coefficient (Wildman–Crippen LogP) is 7.28. The van der Waals surface area contributed by atoms with E-state index in [1.54, 1.807) is 49.4 Å². The Morgan fingerprint density at radius 1 is 1.00 bits per heavy atom. The Morgan fingerprint density at radius 2 is 1.69 bits per heavy atom. The molecule has 0 saturated carbocycles. The van der Waals surface area contributed by atoms with Crippen molar-refractivity contribution in [3.8, 4) is 0 Å². The molecule has 0 amide bonds. The van der Waals surface area contributed by atoms with Gasteiger partial charge in [0.1, 0.15) is 5.76 Å². The molecule has 0 saturated heterocycles. The standard InChI is InChI=1S/C25H20BrCl2N3O4S/c1-15-12-25(30-35-15)31-36(33,34)20-9-7-19(8-10-20)29-23(17-4-11-21(27)22(28)13-17)14-24(32)16-2-5-18(26)6-3-16/h2-13,23,29H,14H2,1H3,(H,30,31). The van der Waals surface area contributed by atoms with E-state index in [9.17, 15) is 13.2 Å². The summed E-state index contributed by atoms with van der Waals surface area (Å²) in [5.41, 5.74) is 1.95. The van der Waals surface area contributed by atoms with E-state index in [4.69, 9.17) is 27.7 Å². The highest BCUT2D eigenvalue weighted by Gasteiger charge is 2.20. The maximum atomic E-state index is 13.0. The molecule has 4 aromatic rings. The fraction of sp³-hybridized carbons (Fsp3) is 0.120. The maximum Gasteiger partial charge on any atom is 0.263 e. The van der Waals surface area contributed by atoms with Gasteiger partial charge in [0.15, 0.2) is 11.6 Å².